The molecule has 1 aliphatic rings. The molecule has 1 aliphatic heterocycles. The summed E-state index contributed by atoms with van der Waals surface area (Å²) in [6, 6.07) is 1.13. The van der Waals surface area contributed by atoms with Crippen molar-refractivity contribution >= 4 is 27.8 Å². The van der Waals surface area contributed by atoms with Crippen molar-refractivity contribution in [3.63, 3.8) is 0 Å². The molecule has 0 aliphatic carbocycles. The zero-order valence-corrected chi connectivity index (χ0v) is 13.3. The molecule has 0 bridgehead atoms. The highest BCUT2D eigenvalue weighted by atomic mass is 79.9. The van der Waals surface area contributed by atoms with Gasteiger partial charge in [-0.25, -0.2) is 0 Å². The molecule has 0 radical (unpaired) electrons. The van der Waals surface area contributed by atoms with Crippen LogP contribution in [-0.2, 0) is 9.59 Å². The van der Waals surface area contributed by atoms with Crippen LogP contribution >= 0.6 is 15.9 Å². The fourth-order valence-electron chi connectivity index (χ4n) is 2.76. The minimum atomic E-state index is -0.903. The van der Waals surface area contributed by atoms with Gasteiger partial charge in [-0.3, -0.25) is 9.59 Å². The summed E-state index contributed by atoms with van der Waals surface area (Å²) in [5.41, 5.74) is -0.470. The summed E-state index contributed by atoms with van der Waals surface area (Å²) in [6.07, 6.45) is 2.08. The van der Waals surface area contributed by atoms with Gasteiger partial charge in [0, 0.05) is 12.0 Å². The van der Waals surface area contributed by atoms with Crippen LogP contribution in [0.3, 0.4) is 0 Å². The lowest BCUT2D eigenvalue weighted by atomic mass is 9.84. The first-order valence-corrected chi connectivity index (χ1v) is 7.30. The molecule has 0 aromatic carbocycles. The lowest BCUT2D eigenvalue weighted by Crippen LogP contribution is -2.53. The summed E-state index contributed by atoms with van der Waals surface area (Å²) < 4.78 is 6.15. The van der Waals surface area contributed by atoms with Crippen molar-refractivity contribution in [1.82, 2.24) is 4.90 Å². The van der Waals surface area contributed by atoms with Gasteiger partial charge in [0.05, 0.1) is 16.7 Å². The molecule has 2 rings (SSSR count). The molecular weight excluding hydrogens is 326 g/mol. The highest BCUT2D eigenvalue weighted by molar-refractivity contribution is 9.10. The van der Waals surface area contributed by atoms with E-state index in [0.29, 0.717) is 16.7 Å². The van der Waals surface area contributed by atoms with Crippen LogP contribution in [0.2, 0.25) is 0 Å². The first kappa shape index (κ1) is 15.1. The van der Waals surface area contributed by atoms with E-state index in [0.717, 1.165) is 0 Å². The Kier molecular flexibility index (Phi) is 3.95. The average Bonchev–Trinajstić information content (AvgIpc) is 2.72. The lowest BCUT2D eigenvalue weighted by Gasteiger charge is -2.46. The Balaban J connectivity index is 2.53. The number of carboxylic acid groups (broad SMARTS) is 1. The topological polar surface area (TPSA) is 70.8 Å². The van der Waals surface area contributed by atoms with Gasteiger partial charge >= 0.3 is 5.97 Å². The maximum absolute atomic E-state index is 12.3. The van der Waals surface area contributed by atoms with E-state index in [1.165, 1.54) is 6.26 Å². The second-order valence-electron chi connectivity index (χ2n) is 6.00. The van der Waals surface area contributed by atoms with Crippen LogP contribution in [0.25, 0.3) is 0 Å². The second-order valence-corrected chi connectivity index (χ2v) is 6.85. The molecule has 2 unspecified atom stereocenters. The Bertz CT molecular complexity index is 532. The first-order chi connectivity index (χ1) is 9.23. The van der Waals surface area contributed by atoms with Gasteiger partial charge in [0.25, 0.3) is 0 Å². The number of aliphatic carboxylic acids is 1. The van der Waals surface area contributed by atoms with Crippen molar-refractivity contribution < 1.29 is 19.1 Å². The number of rotatable bonds is 2. The molecule has 2 atom stereocenters. The lowest BCUT2D eigenvalue weighted by molar-refractivity contribution is -0.157. The fourth-order valence-corrected chi connectivity index (χ4v) is 3.19. The van der Waals surface area contributed by atoms with Gasteiger partial charge in [0.15, 0.2) is 0 Å². The van der Waals surface area contributed by atoms with Crippen LogP contribution in [-0.4, -0.2) is 27.4 Å². The van der Waals surface area contributed by atoms with Crippen LogP contribution in [0.15, 0.2) is 21.2 Å². The van der Waals surface area contributed by atoms with Gasteiger partial charge in [0.2, 0.25) is 5.91 Å². The predicted molar refractivity (Wildman–Crippen MR) is 76.1 cm³/mol. The number of halogens is 1. The number of carbonyl (C=O) groups excluding carboxylic acids is 1. The Hall–Kier alpha value is -1.30. The maximum Gasteiger partial charge on any atom is 0.309 e. The highest BCUT2D eigenvalue weighted by Crippen LogP contribution is 2.43. The van der Waals surface area contributed by atoms with Crippen molar-refractivity contribution in [3.05, 3.63) is 22.6 Å². The summed E-state index contributed by atoms with van der Waals surface area (Å²) in [5.74, 6) is -1.10. The van der Waals surface area contributed by atoms with E-state index >= 15 is 0 Å². The second kappa shape index (κ2) is 5.24. The van der Waals surface area contributed by atoms with E-state index in [9.17, 15) is 14.7 Å². The van der Waals surface area contributed by atoms with E-state index < -0.39 is 23.5 Å². The molecule has 0 saturated carbocycles. The number of likely N-dealkylation sites (tertiary alicyclic amines) is 1. The number of amides is 1. The summed E-state index contributed by atoms with van der Waals surface area (Å²) in [7, 11) is 0. The summed E-state index contributed by atoms with van der Waals surface area (Å²) in [5, 5.41) is 9.47. The molecule has 1 fully saturated rings. The minimum Gasteiger partial charge on any atom is -0.481 e. The van der Waals surface area contributed by atoms with Crippen LogP contribution in [0, 0.1) is 5.92 Å². The number of nitrogens with zero attached hydrogens (tertiary/aromatic N) is 1. The molecule has 6 heteroatoms. The van der Waals surface area contributed by atoms with Crippen LogP contribution in [0.1, 0.15) is 45.4 Å². The third-order valence-corrected chi connectivity index (χ3v) is 4.21. The summed E-state index contributed by atoms with van der Waals surface area (Å²) >= 11 is 3.37. The van der Waals surface area contributed by atoms with Crippen LogP contribution < -0.4 is 0 Å². The monoisotopic (exact) mass is 343 g/mol. The Morgan fingerprint density at radius 3 is 2.60 bits per heavy atom. The van der Waals surface area contributed by atoms with Gasteiger partial charge in [-0.1, -0.05) is 0 Å². The number of hydrogen-bond acceptors (Lipinski definition) is 3. The van der Waals surface area contributed by atoms with Crippen molar-refractivity contribution in [1.29, 1.82) is 0 Å². The minimum absolute atomic E-state index is 0.0386. The molecule has 1 N–H and O–H groups in total. The largest absolute Gasteiger partial charge is 0.481 e. The Morgan fingerprint density at radius 2 is 2.15 bits per heavy atom. The molecule has 1 amide bonds. The molecule has 1 aromatic heterocycles. The zero-order chi connectivity index (χ0) is 15.1. The SMILES string of the molecule is CC(C)(C)N1C(=O)CCC(C(=O)O)C1c1occc1Br. The third-order valence-electron chi connectivity index (χ3n) is 3.55. The van der Waals surface area contributed by atoms with Crippen molar-refractivity contribution in [2.75, 3.05) is 0 Å². The zero-order valence-electron chi connectivity index (χ0n) is 11.7. The maximum atomic E-state index is 12.3. The number of piperidine rings is 1. The van der Waals surface area contributed by atoms with E-state index in [4.69, 9.17) is 4.42 Å². The number of hydrogen-bond donors (Lipinski definition) is 1. The molecule has 110 valence electrons. The number of carbonyl (C=O) groups is 2. The Labute approximate surface area is 126 Å². The Morgan fingerprint density at radius 1 is 1.50 bits per heavy atom. The molecule has 0 spiro atoms. The van der Waals surface area contributed by atoms with E-state index in [2.05, 4.69) is 15.9 Å². The number of furan rings is 1. The van der Waals surface area contributed by atoms with Gasteiger partial charge in [-0.15, -0.1) is 0 Å². The van der Waals surface area contributed by atoms with Crippen molar-refractivity contribution in [2.45, 2.75) is 45.2 Å². The van der Waals surface area contributed by atoms with Gasteiger partial charge in [-0.2, -0.15) is 0 Å². The molecule has 1 saturated heterocycles. The summed E-state index contributed by atoms with van der Waals surface area (Å²) in [4.78, 5) is 25.5. The molecule has 5 nitrogen and oxygen atoms in total. The van der Waals surface area contributed by atoms with Crippen LogP contribution in [0.5, 0.6) is 0 Å². The quantitative estimate of drug-likeness (QED) is 0.894. The highest BCUT2D eigenvalue weighted by Gasteiger charge is 2.47. The smallest absolute Gasteiger partial charge is 0.309 e. The molecule has 2 heterocycles. The van der Waals surface area contributed by atoms with Gasteiger partial charge in [-0.05, 0) is 49.2 Å². The van der Waals surface area contributed by atoms with Crippen molar-refractivity contribution in [2.24, 2.45) is 5.92 Å². The average molecular weight is 344 g/mol. The number of carboxylic acids is 1. The fraction of sp³-hybridized carbons (Fsp3) is 0.571. The van der Waals surface area contributed by atoms with E-state index in [1.54, 1.807) is 11.0 Å². The summed E-state index contributed by atoms with van der Waals surface area (Å²) in [6.45, 7) is 5.71. The van der Waals surface area contributed by atoms with Crippen molar-refractivity contribution in [3.8, 4) is 0 Å². The normalized spacial score (nSPS) is 24.0. The molecule has 1 aromatic rings. The first-order valence-electron chi connectivity index (χ1n) is 6.51. The van der Waals surface area contributed by atoms with E-state index in [1.807, 2.05) is 20.8 Å². The van der Waals surface area contributed by atoms with Crippen LogP contribution in [0.4, 0.5) is 0 Å². The van der Waals surface area contributed by atoms with Gasteiger partial charge < -0.3 is 14.4 Å². The van der Waals surface area contributed by atoms with E-state index in [-0.39, 0.29) is 12.3 Å². The molecule has 20 heavy (non-hydrogen) atoms. The predicted octanol–water partition coefficient (Wildman–Crippen LogP) is 3.20. The van der Waals surface area contributed by atoms with Gasteiger partial charge in [0.1, 0.15) is 11.8 Å². The molecular formula is C14H18BrNO4. The third kappa shape index (κ3) is 2.61. The standard InChI is InChI=1S/C14H18BrNO4/c1-14(2,3)16-10(17)5-4-8(13(18)19)11(16)12-9(15)6-7-20-12/h6-8,11H,4-5H2,1-3H3,(H,18,19).